The Balaban J connectivity index is 0. The van der Waals surface area contributed by atoms with Gasteiger partial charge in [-0.05, 0) is 0 Å². The fraction of sp³-hybridized carbons (Fsp3) is 0. The van der Waals surface area contributed by atoms with Crippen LogP contribution in [0.5, 0.6) is 0 Å². The van der Waals surface area contributed by atoms with Crippen molar-refractivity contribution in [2.45, 2.75) is 0 Å². The van der Waals surface area contributed by atoms with Crippen LogP contribution in [-0.2, 0) is 10.4 Å². The molecule has 0 heterocycles. The summed E-state index contributed by atoms with van der Waals surface area (Å²) in [6.07, 6.45) is 0. The number of hydrogen-bond acceptors (Lipinski definition) is 4. The predicted octanol–water partition coefficient (Wildman–Crippen LogP) is -1.28. The molecule has 0 N–H and O–H groups in total. The minimum absolute atomic E-state index is 0. The molecule has 0 bridgehead atoms. The molecule has 0 saturated carbocycles. The average molecular weight is 130 g/mol. The lowest BCUT2D eigenvalue weighted by molar-refractivity contribution is 0.352. The summed E-state index contributed by atoms with van der Waals surface area (Å²) in [5.41, 5.74) is 0. The van der Waals surface area contributed by atoms with E-state index in [2.05, 4.69) is 0 Å². The molecule has 1 unspecified atom stereocenters. The van der Waals surface area contributed by atoms with E-state index in [-0.39, 0.29) is 9.90 Å². The highest BCUT2D eigenvalue weighted by atomic mass is 32.3. The summed E-state index contributed by atoms with van der Waals surface area (Å²) in [5, 5.41) is 0. The summed E-state index contributed by atoms with van der Waals surface area (Å²) < 4.78 is 34.1. The molecule has 0 saturated heterocycles. The first-order valence-electron chi connectivity index (χ1n) is 0.667. The average Bonchev–Trinajstić information content (AvgIpc) is 0.722. The minimum atomic E-state index is -5.17. The number of hydrogen-bond donors (Lipinski definition) is 0. The molecule has 0 aliphatic carbocycles. The minimum Gasteiger partial charge on any atom is -0.759 e. The molecule has 40 valence electrons. The van der Waals surface area contributed by atoms with E-state index >= 15 is 0 Å². The first-order chi connectivity index (χ1) is 2.00. The van der Waals surface area contributed by atoms with Gasteiger partial charge in [0.1, 0.15) is 0 Å². The molecule has 0 rings (SSSR count). The SMILES string of the molecule is O=S(=O)([O-])[O-].P. The largest absolute Gasteiger partial charge is 0.759 e. The smallest absolute Gasteiger partial charge is 0.0311 e. The van der Waals surface area contributed by atoms with E-state index in [0.29, 0.717) is 0 Å². The third kappa shape index (κ3) is 520. The second kappa shape index (κ2) is 2.47. The van der Waals surface area contributed by atoms with Crippen molar-refractivity contribution in [1.82, 2.24) is 0 Å². The van der Waals surface area contributed by atoms with Gasteiger partial charge < -0.3 is 9.11 Å². The summed E-state index contributed by atoms with van der Waals surface area (Å²) in [4.78, 5) is 0. The van der Waals surface area contributed by atoms with Crippen molar-refractivity contribution in [3.8, 4) is 0 Å². The Morgan fingerprint density at radius 3 is 1.17 bits per heavy atom. The van der Waals surface area contributed by atoms with Gasteiger partial charge >= 0.3 is 0 Å². The van der Waals surface area contributed by atoms with Gasteiger partial charge in [-0.1, -0.05) is 0 Å². The zero-order valence-electron chi connectivity index (χ0n) is 2.75. The van der Waals surface area contributed by atoms with Crippen molar-refractivity contribution in [3.63, 3.8) is 0 Å². The van der Waals surface area contributed by atoms with Crippen molar-refractivity contribution in [2.24, 2.45) is 0 Å². The molecule has 0 amide bonds. The Hall–Kier alpha value is 0.300. The van der Waals surface area contributed by atoms with Crippen molar-refractivity contribution >= 4 is 20.3 Å². The topological polar surface area (TPSA) is 80.3 Å². The van der Waals surface area contributed by atoms with Crippen LogP contribution in [0.2, 0.25) is 0 Å². The van der Waals surface area contributed by atoms with E-state index in [4.69, 9.17) is 17.5 Å². The molecule has 0 fully saturated rings. The highest BCUT2D eigenvalue weighted by Gasteiger charge is 1.49. The Labute approximate surface area is 38.8 Å². The second-order valence-electron chi connectivity index (χ2n) is 0.408. The zero-order valence-corrected chi connectivity index (χ0v) is 4.98. The quantitative estimate of drug-likeness (QED) is 0.232. The Bertz CT molecular complexity index is 90.7. The lowest BCUT2D eigenvalue weighted by atomic mass is 15.8. The monoisotopic (exact) mass is 130 g/mol. The summed E-state index contributed by atoms with van der Waals surface area (Å²) in [5.74, 6) is 0. The summed E-state index contributed by atoms with van der Waals surface area (Å²) in [7, 11) is -5.17. The molecule has 0 aliphatic rings. The zero-order chi connectivity index (χ0) is 4.50. The standard InChI is InChI=1S/H2O4S.H3P/c1-5(2,3)4;/h(H2,1,2,3,4);1H3/p-2. The molecule has 6 heteroatoms. The molecule has 0 spiro atoms. The van der Waals surface area contributed by atoms with Crippen molar-refractivity contribution < 1.29 is 17.5 Å². The maximum Gasteiger partial charge on any atom is 0.0311 e. The predicted molar refractivity (Wildman–Crippen MR) is 21.6 cm³/mol. The van der Waals surface area contributed by atoms with E-state index in [1.54, 1.807) is 0 Å². The van der Waals surface area contributed by atoms with Gasteiger partial charge in [0.05, 0.1) is 0 Å². The second-order valence-corrected chi connectivity index (χ2v) is 1.22. The van der Waals surface area contributed by atoms with Crippen LogP contribution in [-0.4, -0.2) is 17.5 Å². The fourth-order valence-corrected chi connectivity index (χ4v) is 0. The molecular formula is H3O4PS-2. The van der Waals surface area contributed by atoms with Crippen LogP contribution in [0.15, 0.2) is 0 Å². The Morgan fingerprint density at radius 1 is 1.17 bits per heavy atom. The molecule has 4 nitrogen and oxygen atoms in total. The third-order valence-electron chi connectivity index (χ3n) is 0. The van der Waals surface area contributed by atoms with Gasteiger partial charge in [-0.15, -0.1) is 0 Å². The molecule has 1 atom stereocenters. The molecule has 0 aliphatic heterocycles. The van der Waals surface area contributed by atoms with Crippen LogP contribution in [0, 0.1) is 0 Å². The van der Waals surface area contributed by atoms with Gasteiger partial charge in [-0.2, -0.15) is 9.90 Å². The third-order valence-corrected chi connectivity index (χ3v) is 0. The van der Waals surface area contributed by atoms with E-state index in [1.807, 2.05) is 0 Å². The summed E-state index contributed by atoms with van der Waals surface area (Å²) >= 11 is 0. The first kappa shape index (κ1) is 9.57. The van der Waals surface area contributed by atoms with Crippen LogP contribution in [0.1, 0.15) is 0 Å². The van der Waals surface area contributed by atoms with Crippen molar-refractivity contribution in [1.29, 1.82) is 0 Å². The first-order valence-corrected chi connectivity index (χ1v) is 2.00. The molecule has 0 aromatic heterocycles. The van der Waals surface area contributed by atoms with Crippen LogP contribution in [0.4, 0.5) is 0 Å². The van der Waals surface area contributed by atoms with Gasteiger partial charge in [-0.3, -0.25) is 8.42 Å². The summed E-state index contributed by atoms with van der Waals surface area (Å²) in [6, 6.07) is 0. The fourth-order valence-electron chi connectivity index (χ4n) is 0. The van der Waals surface area contributed by atoms with Gasteiger partial charge in [0.25, 0.3) is 0 Å². The van der Waals surface area contributed by atoms with E-state index in [0.717, 1.165) is 0 Å². The molecular weight excluding hydrogens is 127 g/mol. The van der Waals surface area contributed by atoms with Crippen LogP contribution < -0.4 is 0 Å². The van der Waals surface area contributed by atoms with Gasteiger partial charge in [0.2, 0.25) is 0 Å². The maximum absolute atomic E-state index is 8.52. The van der Waals surface area contributed by atoms with Crippen molar-refractivity contribution in [2.75, 3.05) is 0 Å². The highest BCUT2D eigenvalue weighted by Crippen LogP contribution is 1.57. The van der Waals surface area contributed by atoms with Gasteiger partial charge in [0.15, 0.2) is 0 Å². The highest BCUT2D eigenvalue weighted by molar-refractivity contribution is 7.79. The van der Waals surface area contributed by atoms with Crippen LogP contribution in [0.3, 0.4) is 0 Å². The maximum atomic E-state index is 8.52. The van der Waals surface area contributed by atoms with E-state index in [1.165, 1.54) is 0 Å². The van der Waals surface area contributed by atoms with Crippen LogP contribution >= 0.6 is 9.90 Å². The van der Waals surface area contributed by atoms with Crippen molar-refractivity contribution in [3.05, 3.63) is 0 Å². The normalized spacial score (nSPS) is 9.67. The Kier molecular flexibility index (Phi) is 3.94. The van der Waals surface area contributed by atoms with Gasteiger partial charge in [0, 0.05) is 10.4 Å². The number of rotatable bonds is 0. The molecule has 0 aromatic rings. The van der Waals surface area contributed by atoms with Gasteiger partial charge in [-0.25, -0.2) is 0 Å². The lowest BCUT2D eigenvalue weighted by Crippen LogP contribution is -1.91. The lowest BCUT2D eigenvalue weighted by Gasteiger charge is -2.06. The van der Waals surface area contributed by atoms with E-state index < -0.39 is 10.4 Å². The molecule has 0 aromatic carbocycles. The Morgan fingerprint density at radius 2 is 1.17 bits per heavy atom. The van der Waals surface area contributed by atoms with E-state index in [9.17, 15) is 0 Å². The summed E-state index contributed by atoms with van der Waals surface area (Å²) in [6.45, 7) is 0. The molecule has 0 radical (unpaired) electrons. The molecule has 6 heavy (non-hydrogen) atoms. The van der Waals surface area contributed by atoms with Crippen LogP contribution in [0.25, 0.3) is 0 Å².